The number of amides is 1. The third-order valence-electron chi connectivity index (χ3n) is 3.19. The molecule has 1 N–H and O–H groups in total. The number of rotatable bonds is 0. The van der Waals surface area contributed by atoms with Gasteiger partial charge in [-0.2, -0.15) is 0 Å². The van der Waals surface area contributed by atoms with Gasteiger partial charge in [-0.05, 0) is 19.3 Å². The third-order valence-corrected chi connectivity index (χ3v) is 3.19. The smallest absolute Gasteiger partial charge is 0.226 e. The van der Waals surface area contributed by atoms with Crippen LogP contribution in [-0.4, -0.2) is 38.9 Å². The average molecular weight is 199 g/mol. The first-order chi connectivity index (χ1) is 6.83. The lowest BCUT2D eigenvalue weighted by Crippen LogP contribution is -2.33. The molecule has 0 aromatic rings. The van der Waals surface area contributed by atoms with Crippen LogP contribution < -0.4 is 5.32 Å². The van der Waals surface area contributed by atoms with Gasteiger partial charge in [0.1, 0.15) is 0 Å². The van der Waals surface area contributed by atoms with Crippen LogP contribution in [0.4, 0.5) is 0 Å². The lowest BCUT2D eigenvalue weighted by Gasteiger charge is -2.24. The largest absolute Gasteiger partial charge is 0.379 e. The number of hydrogen-bond donors (Lipinski definition) is 1. The minimum atomic E-state index is -0.204. The van der Waals surface area contributed by atoms with E-state index in [4.69, 9.17) is 9.47 Å². The summed E-state index contributed by atoms with van der Waals surface area (Å²) in [7, 11) is 0. The molecule has 0 radical (unpaired) electrons. The molecular weight excluding hydrogens is 182 g/mol. The Balaban J connectivity index is 2.02. The van der Waals surface area contributed by atoms with Gasteiger partial charge in [-0.15, -0.1) is 0 Å². The van der Waals surface area contributed by atoms with Crippen LogP contribution >= 0.6 is 0 Å². The zero-order chi connectivity index (χ0) is 9.86. The maximum Gasteiger partial charge on any atom is 0.226 e. The van der Waals surface area contributed by atoms with Gasteiger partial charge < -0.3 is 14.8 Å². The lowest BCUT2D eigenvalue weighted by molar-refractivity contribution is -0.129. The first kappa shape index (κ1) is 9.93. The highest BCUT2D eigenvalue weighted by Crippen LogP contribution is 2.35. The molecule has 2 aliphatic rings. The van der Waals surface area contributed by atoms with Crippen molar-refractivity contribution in [1.82, 2.24) is 5.32 Å². The second kappa shape index (κ2) is 4.28. The van der Waals surface area contributed by atoms with Crippen LogP contribution in [0.15, 0.2) is 0 Å². The summed E-state index contributed by atoms with van der Waals surface area (Å²) in [4.78, 5) is 11.7. The molecule has 80 valence electrons. The van der Waals surface area contributed by atoms with E-state index in [2.05, 4.69) is 5.32 Å². The van der Waals surface area contributed by atoms with Crippen LogP contribution in [0.3, 0.4) is 0 Å². The normalized spacial score (nSPS) is 27.9. The Bertz CT molecular complexity index is 207. The van der Waals surface area contributed by atoms with Crippen molar-refractivity contribution in [2.24, 2.45) is 5.41 Å². The quantitative estimate of drug-likeness (QED) is 0.611. The molecule has 0 aromatic carbocycles. The van der Waals surface area contributed by atoms with E-state index in [1.807, 2.05) is 0 Å². The molecule has 2 aliphatic heterocycles. The van der Waals surface area contributed by atoms with Crippen LogP contribution in [0.1, 0.15) is 19.3 Å². The summed E-state index contributed by atoms with van der Waals surface area (Å²) < 4.78 is 10.8. The van der Waals surface area contributed by atoms with Crippen molar-refractivity contribution in [3.63, 3.8) is 0 Å². The predicted molar refractivity (Wildman–Crippen MR) is 50.9 cm³/mol. The second-order valence-corrected chi connectivity index (χ2v) is 4.01. The fourth-order valence-electron chi connectivity index (χ4n) is 2.18. The number of ether oxygens (including phenoxy) is 2. The van der Waals surface area contributed by atoms with Gasteiger partial charge >= 0.3 is 0 Å². The monoisotopic (exact) mass is 199 g/mol. The summed E-state index contributed by atoms with van der Waals surface area (Å²) >= 11 is 0. The molecule has 4 nitrogen and oxygen atoms in total. The van der Waals surface area contributed by atoms with Crippen LogP contribution in [0, 0.1) is 5.41 Å². The standard InChI is InChI=1S/C10H17NO3/c12-9-10(1-4-11-9)2-5-13-7-8-14-6-3-10/h1-8H2,(H,11,12). The van der Waals surface area contributed by atoms with Crippen LogP contribution in [0.25, 0.3) is 0 Å². The van der Waals surface area contributed by atoms with E-state index >= 15 is 0 Å². The molecule has 1 spiro atoms. The van der Waals surface area contributed by atoms with Gasteiger partial charge in [-0.1, -0.05) is 0 Å². The van der Waals surface area contributed by atoms with Crippen molar-refractivity contribution in [2.45, 2.75) is 19.3 Å². The van der Waals surface area contributed by atoms with Gasteiger partial charge in [0.05, 0.1) is 18.6 Å². The molecule has 2 fully saturated rings. The Hall–Kier alpha value is -0.610. The van der Waals surface area contributed by atoms with Crippen LogP contribution in [0.5, 0.6) is 0 Å². The highest BCUT2D eigenvalue weighted by molar-refractivity contribution is 5.84. The molecule has 0 aliphatic carbocycles. The summed E-state index contributed by atoms with van der Waals surface area (Å²) in [6.45, 7) is 3.46. The molecule has 2 saturated heterocycles. The van der Waals surface area contributed by atoms with E-state index in [-0.39, 0.29) is 11.3 Å². The van der Waals surface area contributed by atoms with Gasteiger partial charge in [-0.3, -0.25) is 4.79 Å². The Labute approximate surface area is 84.0 Å². The first-order valence-corrected chi connectivity index (χ1v) is 5.27. The van der Waals surface area contributed by atoms with Crippen LogP contribution in [-0.2, 0) is 14.3 Å². The van der Waals surface area contributed by atoms with Gasteiger partial charge in [0.2, 0.25) is 5.91 Å². The number of nitrogens with one attached hydrogen (secondary N) is 1. The molecule has 0 saturated carbocycles. The maximum absolute atomic E-state index is 11.7. The highest BCUT2D eigenvalue weighted by atomic mass is 16.5. The molecule has 0 unspecified atom stereocenters. The van der Waals surface area contributed by atoms with E-state index in [1.54, 1.807) is 0 Å². The van der Waals surface area contributed by atoms with Gasteiger partial charge in [0.25, 0.3) is 0 Å². The molecule has 1 amide bonds. The minimum absolute atomic E-state index is 0.187. The molecule has 0 aromatic heterocycles. The summed E-state index contributed by atoms with van der Waals surface area (Å²) in [5.41, 5.74) is -0.204. The van der Waals surface area contributed by atoms with E-state index in [0.717, 1.165) is 25.8 Å². The maximum atomic E-state index is 11.7. The SMILES string of the molecule is O=C1NCCC12CCOCCOCC2. The van der Waals surface area contributed by atoms with E-state index < -0.39 is 0 Å². The molecule has 0 atom stereocenters. The molecule has 2 rings (SSSR count). The zero-order valence-electron chi connectivity index (χ0n) is 8.38. The summed E-state index contributed by atoms with van der Waals surface area (Å²) in [6.07, 6.45) is 2.60. The first-order valence-electron chi connectivity index (χ1n) is 5.27. The molecule has 0 bridgehead atoms. The number of carbonyl (C=O) groups excluding carboxylic acids is 1. The van der Waals surface area contributed by atoms with Gasteiger partial charge in [-0.25, -0.2) is 0 Å². The Morgan fingerprint density at radius 2 is 1.64 bits per heavy atom. The van der Waals surface area contributed by atoms with Crippen molar-refractivity contribution >= 4 is 5.91 Å². The van der Waals surface area contributed by atoms with Crippen molar-refractivity contribution in [2.75, 3.05) is 33.0 Å². The number of hydrogen-bond acceptors (Lipinski definition) is 3. The van der Waals surface area contributed by atoms with Crippen molar-refractivity contribution in [1.29, 1.82) is 0 Å². The van der Waals surface area contributed by atoms with E-state index in [9.17, 15) is 4.79 Å². The van der Waals surface area contributed by atoms with Gasteiger partial charge in [0, 0.05) is 19.8 Å². The van der Waals surface area contributed by atoms with E-state index in [1.165, 1.54) is 0 Å². The third kappa shape index (κ3) is 1.91. The Morgan fingerprint density at radius 3 is 2.14 bits per heavy atom. The van der Waals surface area contributed by atoms with Crippen LogP contribution in [0.2, 0.25) is 0 Å². The van der Waals surface area contributed by atoms with Crippen molar-refractivity contribution in [3.8, 4) is 0 Å². The molecule has 14 heavy (non-hydrogen) atoms. The topological polar surface area (TPSA) is 47.6 Å². The summed E-state index contributed by atoms with van der Waals surface area (Å²) in [6, 6.07) is 0. The molecular formula is C10H17NO3. The molecule has 4 heteroatoms. The predicted octanol–water partition coefficient (Wildman–Crippen LogP) is 0.320. The van der Waals surface area contributed by atoms with E-state index in [0.29, 0.717) is 26.4 Å². The summed E-state index contributed by atoms with van der Waals surface area (Å²) in [5.74, 6) is 0.187. The number of carbonyl (C=O) groups is 1. The van der Waals surface area contributed by atoms with Crippen molar-refractivity contribution < 1.29 is 14.3 Å². The zero-order valence-corrected chi connectivity index (χ0v) is 8.38. The lowest BCUT2D eigenvalue weighted by atomic mass is 9.80. The fraction of sp³-hybridized carbons (Fsp3) is 0.900. The second-order valence-electron chi connectivity index (χ2n) is 4.01. The minimum Gasteiger partial charge on any atom is -0.379 e. The average Bonchev–Trinajstić information content (AvgIpc) is 2.58. The highest BCUT2D eigenvalue weighted by Gasteiger charge is 2.41. The molecule has 2 heterocycles. The Kier molecular flexibility index (Phi) is 3.03. The van der Waals surface area contributed by atoms with Crippen molar-refractivity contribution in [3.05, 3.63) is 0 Å². The van der Waals surface area contributed by atoms with Gasteiger partial charge in [0.15, 0.2) is 0 Å². The summed E-state index contributed by atoms with van der Waals surface area (Å²) in [5, 5.41) is 2.90. The Morgan fingerprint density at radius 1 is 1.00 bits per heavy atom. The fourth-order valence-corrected chi connectivity index (χ4v) is 2.18.